The molecule has 0 amide bonds. The van der Waals surface area contributed by atoms with Gasteiger partial charge in [-0.2, -0.15) is 0 Å². The van der Waals surface area contributed by atoms with Crippen molar-refractivity contribution in [2.24, 2.45) is 0 Å². The van der Waals surface area contributed by atoms with Gasteiger partial charge in [-0.3, -0.25) is 0 Å². The van der Waals surface area contributed by atoms with Crippen molar-refractivity contribution in [2.45, 2.75) is 18.0 Å². The van der Waals surface area contributed by atoms with E-state index in [1.807, 2.05) is 0 Å². The molecule has 0 saturated carbocycles. The summed E-state index contributed by atoms with van der Waals surface area (Å²) in [4.78, 5) is 11.8. The highest BCUT2D eigenvalue weighted by molar-refractivity contribution is 5.89. The van der Waals surface area contributed by atoms with Crippen molar-refractivity contribution in [1.82, 2.24) is 0 Å². The highest BCUT2D eigenvalue weighted by Crippen LogP contribution is 2.24. The Morgan fingerprint density at radius 1 is 1.40 bits per heavy atom. The van der Waals surface area contributed by atoms with Gasteiger partial charge < -0.3 is 29.5 Å². The SMILES string of the molecule is COc1ccc(C(=O)OC[C@@]2(O)CO[C@@H](O)[C@@H]2O)cc1. The molecule has 1 aromatic rings. The third-order valence-corrected chi connectivity index (χ3v) is 3.10. The third kappa shape index (κ3) is 2.91. The topological polar surface area (TPSA) is 105 Å². The van der Waals surface area contributed by atoms with Gasteiger partial charge >= 0.3 is 5.97 Å². The van der Waals surface area contributed by atoms with Crippen LogP contribution in [0.25, 0.3) is 0 Å². The number of carbonyl (C=O) groups excluding carboxylic acids is 1. The summed E-state index contributed by atoms with van der Waals surface area (Å²) in [5.41, 5.74) is -1.52. The molecule has 0 radical (unpaired) electrons. The van der Waals surface area contributed by atoms with Crippen molar-refractivity contribution in [3.8, 4) is 5.75 Å². The van der Waals surface area contributed by atoms with E-state index >= 15 is 0 Å². The molecule has 20 heavy (non-hydrogen) atoms. The minimum Gasteiger partial charge on any atom is -0.497 e. The van der Waals surface area contributed by atoms with Crippen molar-refractivity contribution < 1.29 is 34.3 Å². The Morgan fingerprint density at radius 3 is 2.55 bits per heavy atom. The molecule has 0 aliphatic carbocycles. The molecule has 1 heterocycles. The van der Waals surface area contributed by atoms with Crippen molar-refractivity contribution in [2.75, 3.05) is 20.3 Å². The van der Waals surface area contributed by atoms with E-state index in [0.29, 0.717) is 5.75 Å². The van der Waals surface area contributed by atoms with Crippen LogP contribution in [0, 0.1) is 0 Å². The van der Waals surface area contributed by atoms with Crippen LogP contribution in [0.15, 0.2) is 24.3 Å². The van der Waals surface area contributed by atoms with Crippen LogP contribution in [-0.2, 0) is 9.47 Å². The molecule has 1 fully saturated rings. The molecule has 0 aromatic heterocycles. The Morgan fingerprint density at radius 2 is 2.05 bits per heavy atom. The van der Waals surface area contributed by atoms with Crippen LogP contribution >= 0.6 is 0 Å². The zero-order chi connectivity index (χ0) is 14.8. The second kappa shape index (κ2) is 5.76. The van der Waals surface area contributed by atoms with Crippen LogP contribution in [0.5, 0.6) is 5.75 Å². The number of benzene rings is 1. The average Bonchev–Trinajstić information content (AvgIpc) is 2.73. The highest BCUT2D eigenvalue weighted by atomic mass is 16.6. The Bertz CT molecular complexity index is 472. The van der Waals surface area contributed by atoms with Crippen molar-refractivity contribution in [3.05, 3.63) is 29.8 Å². The van der Waals surface area contributed by atoms with E-state index in [9.17, 15) is 20.1 Å². The molecule has 3 atom stereocenters. The zero-order valence-corrected chi connectivity index (χ0v) is 10.9. The van der Waals surface area contributed by atoms with E-state index in [1.54, 1.807) is 12.1 Å². The van der Waals surface area contributed by atoms with Crippen LogP contribution in [0.2, 0.25) is 0 Å². The molecule has 0 unspecified atom stereocenters. The Labute approximate surface area is 115 Å². The molecule has 2 rings (SSSR count). The quantitative estimate of drug-likeness (QED) is 0.627. The van der Waals surface area contributed by atoms with E-state index in [-0.39, 0.29) is 12.2 Å². The Hall–Kier alpha value is -1.67. The van der Waals surface area contributed by atoms with E-state index in [2.05, 4.69) is 0 Å². The van der Waals surface area contributed by atoms with Crippen LogP contribution in [0.1, 0.15) is 10.4 Å². The Kier molecular flexibility index (Phi) is 4.24. The first-order valence-electron chi connectivity index (χ1n) is 5.97. The summed E-state index contributed by atoms with van der Waals surface area (Å²) in [5.74, 6) is -0.0578. The summed E-state index contributed by atoms with van der Waals surface area (Å²) in [6.07, 6.45) is -3.01. The lowest BCUT2D eigenvalue weighted by Crippen LogP contribution is -2.48. The minimum atomic E-state index is -1.80. The molecule has 1 saturated heterocycles. The summed E-state index contributed by atoms with van der Waals surface area (Å²) in [6.45, 7) is -0.790. The second-order valence-electron chi connectivity index (χ2n) is 4.55. The Balaban J connectivity index is 1.95. The molecule has 0 bridgehead atoms. The second-order valence-corrected chi connectivity index (χ2v) is 4.55. The number of ether oxygens (including phenoxy) is 3. The lowest BCUT2D eigenvalue weighted by Gasteiger charge is -2.24. The molecule has 0 spiro atoms. The van der Waals surface area contributed by atoms with E-state index < -0.39 is 30.6 Å². The number of aliphatic hydroxyl groups is 3. The van der Waals surface area contributed by atoms with Crippen molar-refractivity contribution in [1.29, 1.82) is 0 Å². The van der Waals surface area contributed by atoms with Gasteiger partial charge in [-0.25, -0.2) is 4.79 Å². The first kappa shape index (κ1) is 14.7. The van der Waals surface area contributed by atoms with Gasteiger partial charge in [0.05, 0.1) is 19.3 Å². The van der Waals surface area contributed by atoms with Crippen molar-refractivity contribution >= 4 is 5.97 Å². The maximum Gasteiger partial charge on any atom is 0.338 e. The first-order valence-corrected chi connectivity index (χ1v) is 5.97. The third-order valence-electron chi connectivity index (χ3n) is 3.10. The van der Waals surface area contributed by atoms with E-state index in [0.717, 1.165) is 0 Å². The normalized spacial score (nSPS) is 29.2. The van der Waals surface area contributed by atoms with Gasteiger partial charge in [-0.15, -0.1) is 0 Å². The van der Waals surface area contributed by atoms with Gasteiger partial charge in [0, 0.05) is 0 Å². The largest absolute Gasteiger partial charge is 0.497 e. The number of hydrogen-bond acceptors (Lipinski definition) is 7. The summed E-state index contributed by atoms with van der Waals surface area (Å²) in [5, 5.41) is 28.7. The summed E-state index contributed by atoms with van der Waals surface area (Å²) in [6, 6.07) is 6.23. The van der Waals surface area contributed by atoms with E-state index in [1.165, 1.54) is 19.2 Å². The van der Waals surface area contributed by atoms with Gasteiger partial charge in [-0.1, -0.05) is 0 Å². The van der Waals surface area contributed by atoms with Crippen LogP contribution < -0.4 is 4.74 Å². The van der Waals surface area contributed by atoms with Gasteiger partial charge in [0.1, 0.15) is 18.5 Å². The van der Waals surface area contributed by atoms with E-state index in [4.69, 9.17) is 14.2 Å². The number of aliphatic hydroxyl groups excluding tert-OH is 2. The fraction of sp³-hybridized carbons (Fsp3) is 0.462. The summed E-state index contributed by atoms with van der Waals surface area (Å²) in [7, 11) is 1.51. The van der Waals surface area contributed by atoms with Gasteiger partial charge in [-0.05, 0) is 24.3 Å². The van der Waals surface area contributed by atoms with Crippen molar-refractivity contribution in [3.63, 3.8) is 0 Å². The van der Waals surface area contributed by atoms with Crippen LogP contribution in [0.4, 0.5) is 0 Å². The smallest absolute Gasteiger partial charge is 0.338 e. The molecule has 1 aliphatic rings. The summed E-state index contributed by atoms with van der Waals surface area (Å²) >= 11 is 0. The zero-order valence-electron chi connectivity index (χ0n) is 10.9. The monoisotopic (exact) mass is 284 g/mol. The number of esters is 1. The first-order chi connectivity index (χ1) is 9.46. The fourth-order valence-corrected chi connectivity index (χ4v) is 1.80. The minimum absolute atomic E-state index is 0.281. The molecule has 110 valence electrons. The molecular weight excluding hydrogens is 268 g/mol. The summed E-state index contributed by atoms with van der Waals surface area (Å²) < 4.78 is 14.6. The number of carbonyl (C=O) groups is 1. The van der Waals surface area contributed by atoms with Crippen LogP contribution in [0.3, 0.4) is 0 Å². The molecule has 3 N–H and O–H groups in total. The van der Waals surface area contributed by atoms with Gasteiger partial charge in [0.25, 0.3) is 0 Å². The molecule has 7 heteroatoms. The molecule has 1 aromatic carbocycles. The predicted molar refractivity (Wildman–Crippen MR) is 66.2 cm³/mol. The lowest BCUT2D eigenvalue weighted by atomic mass is 10.0. The molecule has 1 aliphatic heterocycles. The average molecular weight is 284 g/mol. The lowest BCUT2D eigenvalue weighted by molar-refractivity contribution is -0.129. The standard InChI is InChI=1S/C13H16O7/c1-18-9-4-2-8(3-5-9)11(15)19-6-13(17)7-20-12(16)10(13)14/h2-5,10,12,14,16-17H,6-7H2,1H3/t10-,12+,13+/m0/s1. The van der Waals surface area contributed by atoms with Gasteiger partial charge in [0.2, 0.25) is 0 Å². The fourth-order valence-electron chi connectivity index (χ4n) is 1.80. The molecular formula is C13H16O7. The molecule has 7 nitrogen and oxygen atoms in total. The maximum atomic E-state index is 11.8. The number of methoxy groups -OCH3 is 1. The van der Waals surface area contributed by atoms with Crippen LogP contribution in [-0.4, -0.2) is 59.6 Å². The number of hydrogen-bond donors (Lipinski definition) is 3. The number of rotatable bonds is 4. The maximum absolute atomic E-state index is 11.8. The predicted octanol–water partition coefficient (Wildman–Crippen LogP) is -0.707. The highest BCUT2D eigenvalue weighted by Gasteiger charge is 2.48. The van der Waals surface area contributed by atoms with Gasteiger partial charge in [0.15, 0.2) is 11.9 Å².